The van der Waals surface area contributed by atoms with Crippen molar-refractivity contribution in [3.8, 4) is 11.5 Å². The maximum Gasteiger partial charge on any atom is 0.258 e. The van der Waals surface area contributed by atoms with Gasteiger partial charge in [-0.3, -0.25) is 10.0 Å². The molecule has 0 aliphatic heterocycles. The monoisotopic (exact) mass is 392 g/mol. The van der Waals surface area contributed by atoms with Gasteiger partial charge in [0.25, 0.3) is 5.91 Å². The van der Waals surface area contributed by atoms with Crippen molar-refractivity contribution < 1.29 is 31.9 Å². The molecule has 0 radical (unpaired) electrons. The van der Waals surface area contributed by atoms with Crippen molar-refractivity contribution in [2.75, 3.05) is 6.54 Å². The van der Waals surface area contributed by atoms with Gasteiger partial charge in [-0.25, -0.2) is 27.4 Å². The fourth-order valence-electron chi connectivity index (χ4n) is 1.69. The maximum atomic E-state index is 14.1. The topological polar surface area (TPSA) is 105 Å². The first-order valence-corrected chi connectivity index (χ1v) is 8.44. The summed E-state index contributed by atoms with van der Waals surface area (Å²) in [4.78, 5) is 10.1. The van der Waals surface area contributed by atoms with Crippen LogP contribution in [0, 0.1) is 11.6 Å². The smallest absolute Gasteiger partial charge is 0.258 e. The van der Waals surface area contributed by atoms with Crippen molar-refractivity contribution in [2.24, 2.45) is 0 Å². The van der Waals surface area contributed by atoms with E-state index < -0.39 is 44.8 Å². The van der Waals surface area contributed by atoms with E-state index >= 15 is 0 Å². The normalized spacial score (nSPS) is 11.2. The standard InChI is InChI=1S/C14H11ClF2N2O5S/c15-8-1-3-9(4-2-8)24-14-11(16)5-10(6-12(14)17)25(22,23)18-7-13(20)19-21/h1-6,18,21H,7H2,(H,19,20). The molecule has 25 heavy (non-hydrogen) atoms. The highest BCUT2D eigenvalue weighted by molar-refractivity contribution is 7.89. The molecule has 0 aliphatic carbocycles. The summed E-state index contributed by atoms with van der Waals surface area (Å²) in [5.41, 5.74) is 1.21. The van der Waals surface area contributed by atoms with Crippen molar-refractivity contribution in [1.29, 1.82) is 0 Å². The summed E-state index contributed by atoms with van der Waals surface area (Å²) < 4.78 is 58.8. The number of carbonyl (C=O) groups excluding carboxylic acids is 1. The third-order valence-electron chi connectivity index (χ3n) is 2.86. The second-order valence-electron chi connectivity index (χ2n) is 4.63. The Bertz CT molecular complexity index is 868. The quantitative estimate of drug-likeness (QED) is 0.516. The molecule has 2 rings (SSSR count). The molecule has 0 aliphatic rings. The Balaban J connectivity index is 2.27. The van der Waals surface area contributed by atoms with Gasteiger partial charge in [0.15, 0.2) is 17.4 Å². The van der Waals surface area contributed by atoms with Crippen molar-refractivity contribution in [1.82, 2.24) is 10.2 Å². The summed E-state index contributed by atoms with van der Waals surface area (Å²) in [7, 11) is -4.38. The minimum Gasteiger partial charge on any atom is -0.451 e. The minimum absolute atomic E-state index is 0.0931. The zero-order valence-electron chi connectivity index (χ0n) is 12.3. The maximum absolute atomic E-state index is 14.1. The molecule has 7 nitrogen and oxygen atoms in total. The number of rotatable bonds is 6. The van der Waals surface area contributed by atoms with Gasteiger partial charge in [-0.1, -0.05) is 11.6 Å². The van der Waals surface area contributed by atoms with Crippen LogP contribution in [-0.4, -0.2) is 26.1 Å². The van der Waals surface area contributed by atoms with Crippen molar-refractivity contribution in [2.45, 2.75) is 4.90 Å². The van der Waals surface area contributed by atoms with Crippen molar-refractivity contribution in [3.63, 3.8) is 0 Å². The van der Waals surface area contributed by atoms with Gasteiger partial charge in [0, 0.05) is 5.02 Å². The molecular weight excluding hydrogens is 382 g/mol. The van der Waals surface area contributed by atoms with Gasteiger partial charge >= 0.3 is 0 Å². The molecule has 0 bridgehead atoms. The van der Waals surface area contributed by atoms with Gasteiger partial charge in [0.05, 0.1) is 11.4 Å². The summed E-state index contributed by atoms with van der Waals surface area (Å²) in [6.45, 7) is -0.814. The number of sulfonamides is 1. The van der Waals surface area contributed by atoms with Gasteiger partial charge in [0.1, 0.15) is 5.75 Å². The van der Waals surface area contributed by atoms with E-state index in [9.17, 15) is 22.0 Å². The highest BCUT2D eigenvalue weighted by Crippen LogP contribution is 2.30. The summed E-state index contributed by atoms with van der Waals surface area (Å²) in [5, 5.41) is 8.70. The van der Waals surface area contributed by atoms with Crippen LogP contribution in [0.2, 0.25) is 5.02 Å². The summed E-state index contributed by atoms with van der Waals surface area (Å²) in [5.74, 6) is -4.28. The highest BCUT2D eigenvalue weighted by atomic mass is 35.5. The largest absolute Gasteiger partial charge is 0.451 e. The highest BCUT2D eigenvalue weighted by Gasteiger charge is 2.22. The van der Waals surface area contributed by atoms with Gasteiger partial charge < -0.3 is 4.74 Å². The Hall–Kier alpha value is -2.27. The van der Waals surface area contributed by atoms with Gasteiger partial charge in [-0.2, -0.15) is 0 Å². The van der Waals surface area contributed by atoms with E-state index in [1.165, 1.54) is 29.7 Å². The fourth-order valence-corrected chi connectivity index (χ4v) is 2.82. The van der Waals surface area contributed by atoms with Crippen molar-refractivity contribution in [3.05, 3.63) is 53.1 Å². The van der Waals surface area contributed by atoms with Crippen LogP contribution >= 0.6 is 11.6 Å². The third kappa shape index (κ3) is 4.86. The number of amides is 1. The molecule has 134 valence electrons. The van der Waals surface area contributed by atoms with Crippen molar-refractivity contribution >= 4 is 27.5 Å². The number of ether oxygens (including phenoxy) is 1. The average molecular weight is 393 g/mol. The summed E-state index contributed by atoms with van der Waals surface area (Å²) >= 11 is 5.69. The molecule has 0 unspecified atom stereocenters. The Kier molecular flexibility index (Phi) is 5.90. The van der Waals surface area contributed by atoms with E-state index in [4.69, 9.17) is 21.5 Å². The molecule has 2 aromatic carbocycles. The average Bonchev–Trinajstić information content (AvgIpc) is 2.57. The predicted octanol–water partition coefficient (Wildman–Crippen LogP) is 2.19. The van der Waals surface area contributed by atoms with Crippen LogP contribution < -0.4 is 14.9 Å². The van der Waals surface area contributed by atoms with Crippen LogP contribution in [0.4, 0.5) is 8.78 Å². The Labute approximate surface area is 146 Å². The van der Waals surface area contributed by atoms with Crippen LogP contribution in [-0.2, 0) is 14.8 Å². The SMILES string of the molecule is O=C(CNS(=O)(=O)c1cc(F)c(Oc2ccc(Cl)cc2)c(F)c1)NO. The van der Waals surface area contributed by atoms with E-state index in [-0.39, 0.29) is 5.75 Å². The Morgan fingerprint density at radius 3 is 2.24 bits per heavy atom. The third-order valence-corrected chi connectivity index (χ3v) is 4.50. The van der Waals surface area contributed by atoms with Gasteiger partial charge in [-0.15, -0.1) is 0 Å². The van der Waals surface area contributed by atoms with Crippen LogP contribution in [0.1, 0.15) is 0 Å². The molecule has 1 amide bonds. The molecule has 0 aromatic heterocycles. The predicted molar refractivity (Wildman–Crippen MR) is 83.0 cm³/mol. The minimum atomic E-state index is -4.38. The first-order chi connectivity index (χ1) is 11.7. The number of hydroxylamine groups is 1. The van der Waals surface area contributed by atoms with E-state index in [1.54, 1.807) is 4.72 Å². The summed E-state index contributed by atoms with van der Waals surface area (Å²) in [6, 6.07) is 6.71. The number of benzene rings is 2. The van der Waals surface area contributed by atoms with E-state index in [0.29, 0.717) is 17.2 Å². The lowest BCUT2D eigenvalue weighted by Gasteiger charge is -2.11. The molecule has 0 heterocycles. The second kappa shape index (κ2) is 7.74. The Morgan fingerprint density at radius 1 is 1.16 bits per heavy atom. The fraction of sp³-hybridized carbons (Fsp3) is 0.0714. The van der Waals surface area contributed by atoms with Crippen LogP contribution in [0.3, 0.4) is 0 Å². The molecule has 0 saturated carbocycles. The van der Waals surface area contributed by atoms with Crippen LogP contribution in [0.5, 0.6) is 11.5 Å². The zero-order valence-corrected chi connectivity index (χ0v) is 13.9. The lowest BCUT2D eigenvalue weighted by Crippen LogP contribution is -2.35. The van der Waals surface area contributed by atoms with E-state index in [0.717, 1.165) is 0 Å². The lowest BCUT2D eigenvalue weighted by molar-refractivity contribution is -0.127. The molecular formula is C14H11ClF2N2O5S. The van der Waals surface area contributed by atoms with Crippen LogP contribution in [0.15, 0.2) is 41.3 Å². The number of nitrogens with one attached hydrogen (secondary N) is 2. The second-order valence-corrected chi connectivity index (χ2v) is 6.83. The molecule has 3 N–H and O–H groups in total. The molecule has 0 spiro atoms. The molecule has 0 fully saturated rings. The molecule has 0 saturated heterocycles. The molecule has 0 atom stereocenters. The van der Waals surface area contributed by atoms with Gasteiger partial charge in [0.2, 0.25) is 10.0 Å². The zero-order chi connectivity index (χ0) is 18.6. The van der Waals surface area contributed by atoms with Crippen LogP contribution in [0.25, 0.3) is 0 Å². The molecule has 2 aromatic rings. The number of halogens is 3. The number of hydrogen-bond acceptors (Lipinski definition) is 5. The van der Waals surface area contributed by atoms with E-state index in [2.05, 4.69) is 0 Å². The lowest BCUT2D eigenvalue weighted by atomic mass is 10.3. The van der Waals surface area contributed by atoms with E-state index in [1.807, 2.05) is 0 Å². The summed E-state index contributed by atoms with van der Waals surface area (Å²) in [6.07, 6.45) is 0. The molecule has 11 heteroatoms. The first-order valence-electron chi connectivity index (χ1n) is 6.58. The number of carbonyl (C=O) groups is 1. The number of hydrogen-bond donors (Lipinski definition) is 3. The Morgan fingerprint density at radius 2 is 1.72 bits per heavy atom. The van der Waals surface area contributed by atoms with Gasteiger partial charge in [-0.05, 0) is 36.4 Å². The first kappa shape index (κ1) is 19.1.